The maximum atomic E-state index is 13.3. The molecule has 1 aliphatic heterocycles. The molecule has 144 valence electrons. The summed E-state index contributed by atoms with van der Waals surface area (Å²) < 4.78 is 6.83. The lowest BCUT2D eigenvalue weighted by atomic mass is 9.89. The number of fused-ring (bicyclic) bond motifs is 1. The first-order valence-corrected chi connectivity index (χ1v) is 10.5. The Bertz CT molecular complexity index is 843. The highest BCUT2D eigenvalue weighted by molar-refractivity contribution is 9.10. The molecule has 0 radical (unpaired) electrons. The fourth-order valence-electron chi connectivity index (χ4n) is 3.62. The lowest BCUT2D eigenvalue weighted by Gasteiger charge is -2.39. The van der Waals surface area contributed by atoms with Gasteiger partial charge in [-0.05, 0) is 81.0 Å². The Morgan fingerprint density at radius 2 is 2.04 bits per heavy atom. The zero-order valence-electron chi connectivity index (χ0n) is 16.2. The van der Waals surface area contributed by atoms with Crippen LogP contribution >= 0.6 is 27.5 Å². The monoisotopic (exact) mass is 449 g/mol. The van der Waals surface area contributed by atoms with Gasteiger partial charge < -0.3 is 4.74 Å². The molecule has 0 saturated heterocycles. The molecule has 0 aromatic heterocycles. The van der Waals surface area contributed by atoms with E-state index in [1.807, 2.05) is 49.9 Å². The van der Waals surface area contributed by atoms with E-state index in [0.29, 0.717) is 5.02 Å². The molecule has 0 saturated carbocycles. The number of carbonyl (C=O) groups excluding carboxylic acids is 1. The molecule has 2 aromatic carbocycles. The largest absolute Gasteiger partial charge is 0.443 e. The molecule has 1 aliphatic rings. The molecule has 3 nitrogen and oxygen atoms in total. The summed E-state index contributed by atoms with van der Waals surface area (Å²) >= 11 is 9.84. The molecule has 0 bridgehead atoms. The van der Waals surface area contributed by atoms with Crippen molar-refractivity contribution >= 4 is 39.3 Å². The Hall–Kier alpha value is -1.52. The highest BCUT2D eigenvalue weighted by atomic mass is 79.9. The van der Waals surface area contributed by atoms with Crippen LogP contribution in [0.15, 0.2) is 40.9 Å². The van der Waals surface area contributed by atoms with Crippen LogP contribution in [0.25, 0.3) is 0 Å². The molecule has 3 rings (SSSR count). The second kappa shape index (κ2) is 7.84. The van der Waals surface area contributed by atoms with Crippen LogP contribution in [0.5, 0.6) is 0 Å². The van der Waals surface area contributed by atoms with Crippen LogP contribution in [-0.4, -0.2) is 11.7 Å². The van der Waals surface area contributed by atoms with Gasteiger partial charge >= 0.3 is 6.09 Å². The van der Waals surface area contributed by atoms with Crippen LogP contribution in [-0.2, 0) is 17.6 Å². The first-order chi connectivity index (χ1) is 12.7. The fourth-order valence-corrected chi connectivity index (χ4v) is 4.37. The summed E-state index contributed by atoms with van der Waals surface area (Å²) in [5, 5.41) is 0.675. The molecule has 0 aliphatic carbocycles. The summed E-state index contributed by atoms with van der Waals surface area (Å²) in [5.41, 5.74) is 3.76. The van der Waals surface area contributed by atoms with Crippen LogP contribution in [0.2, 0.25) is 5.02 Å². The summed E-state index contributed by atoms with van der Waals surface area (Å²) in [6.07, 6.45) is 2.25. The highest BCUT2D eigenvalue weighted by Gasteiger charge is 2.36. The number of benzene rings is 2. The number of rotatable bonds is 2. The number of halogens is 2. The Labute approximate surface area is 174 Å². The third-order valence-corrected chi connectivity index (χ3v) is 5.37. The van der Waals surface area contributed by atoms with Crippen LogP contribution in [0, 0.1) is 0 Å². The molecule has 5 heteroatoms. The van der Waals surface area contributed by atoms with E-state index in [-0.39, 0.29) is 12.1 Å². The van der Waals surface area contributed by atoms with Gasteiger partial charge in [-0.3, -0.25) is 4.90 Å². The number of ether oxygens (including phenoxy) is 1. The third-order valence-electron chi connectivity index (χ3n) is 4.68. The number of amides is 1. The second-order valence-corrected chi connectivity index (χ2v) is 9.24. The van der Waals surface area contributed by atoms with Gasteiger partial charge in [0.25, 0.3) is 0 Å². The predicted octanol–water partition coefficient (Wildman–Crippen LogP) is 7.09. The molecular formula is C22H25BrClNO2. The number of anilines is 1. The minimum absolute atomic E-state index is 0.0995. The highest BCUT2D eigenvalue weighted by Crippen LogP contribution is 2.43. The first-order valence-electron chi connectivity index (χ1n) is 9.28. The number of hydrogen-bond acceptors (Lipinski definition) is 2. The molecule has 0 fully saturated rings. The summed E-state index contributed by atoms with van der Waals surface area (Å²) in [5.74, 6) is 0. The van der Waals surface area contributed by atoms with Crippen LogP contribution in [0.1, 0.15) is 56.8 Å². The molecule has 0 spiro atoms. The van der Waals surface area contributed by atoms with Gasteiger partial charge in [-0.15, -0.1) is 0 Å². The topological polar surface area (TPSA) is 29.5 Å². The molecule has 0 N–H and O–H groups in total. The molecular weight excluding hydrogens is 426 g/mol. The average Bonchev–Trinajstić information content (AvgIpc) is 2.58. The quantitative estimate of drug-likeness (QED) is 0.488. The van der Waals surface area contributed by atoms with Gasteiger partial charge in [-0.25, -0.2) is 4.79 Å². The molecule has 1 unspecified atom stereocenters. The lowest BCUT2D eigenvalue weighted by Crippen LogP contribution is -2.42. The van der Waals surface area contributed by atoms with E-state index in [9.17, 15) is 4.79 Å². The predicted molar refractivity (Wildman–Crippen MR) is 115 cm³/mol. The fraction of sp³-hybridized carbons (Fsp3) is 0.409. The van der Waals surface area contributed by atoms with Crippen molar-refractivity contribution in [2.24, 2.45) is 0 Å². The number of nitrogens with zero attached hydrogens (tertiary/aromatic N) is 1. The van der Waals surface area contributed by atoms with Gasteiger partial charge in [0.05, 0.1) is 11.7 Å². The normalized spacial score (nSPS) is 16.8. The van der Waals surface area contributed by atoms with Gasteiger partial charge in [0.1, 0.15) is 5.60 Å². The van der Waals surface area contributed by atoms with Crippen LogP contribution < -0.4 is 4.90 Å². The van der Waals surface area contributed by atoms with Gasteiger partial charge in [0, 0.05) is 9.50 Å². The Kier molecular flexibility index (Phi) is 5.87. The van der Waals surface area contributed by atoms with Crippen molar-refractivity contribution in [3.8, 4) is 0 Å². The van der Waals surface area contributed by atoms with Crippen molar-refractivity contribution in [1.29, 1.82) is 0 Å². The van der Waals surface area contributed by atoms with Crippen LogP contribution in [0.4, 0.5) is 10.5 Å². The SMILES string of the molecule is CCc1cc(Br)cc2c1N(C(=O)OC(C)(C)C)C(c1cccc(Cl)c1)CC2. The van der Waals surface area contributed by atoms with Crippen molar-refractivity contribution < 1.29 is 9.53 Å². The standard InChI is InChI=1S/C22H25BrClNO2/c1-5-14-11-17(23)12-16-9-10-19(15-7-6-8-18(24)13-15)25(20(14)16)21(26)27-22(2,3)4/h6-8,11-13,19H,5,9-10H2,1-4H3. The van der Waals surface area contributed by atoms with Gasteiger partial charge in [0.2, 0.25) is 0 Å². The van der Waals surface area contributed by atoms with E-state index in [2.05, 4.69) is 35.0 Å². The molecule has 2 aromatic rings. The van der Waals surface area contributed by atoms with E-state index in [1.54, 1.807) is 0 Å². The van der Waals surface area contributed by atoms with Gasteiger partial charge in [-0.1, -0.05) is 46.6 Å². The first kappa shape index (κ1) is 20.2. The summed E-state index contributed by atoms with van der Waals surface area (Å²) in [6, 6.07) is 11.9. The van der Waals surface area contributed by atoms with Gasteiger partial charge in [0.15, 0.2) is 0 Å². The molecule has 1 amide bonds. The Morgan fingerprint density at radius 1 is 1.30 bits per heavy atom. The average molecular weight is 451 g/mol. The van der Waals surface area contributed by atoms with E-state index in [1.165, 1.54) is 5.56 Å². The molecule has 27 heavy (non-hydrogen) atoms. The lowest BCUT2D eigenvalue weighted by molar-refractivity contribution is 0.0559. The van der Waals surface area contributed by atoms with Gasteiger partial charge in [-0.2, -0.15) is 0 Å². The molecule has 1 heterocycles. The zero-order valence-corrected chi connectivity index (χ0v) is 18.5. The summed E-state index contributed by atoms with van der Waals surface area (Å²) in [6.45, 7) is 7.80. The van der Waals surface area contributed by atoms with Crippen molar-refractivity contribution in [2.75, 3.05) is 4.90 Å². The van der Waals surface area contributed by atoms with Crippen molar-refractivity contribution in [3.05, 3.63) is 62.6 Å². The van der Waals surface area contributed by atoms with E-state index >= 15 is 0 Å². The third kappa shape index (κ3) is 4.49. The zero-order chi connectivity index (χ0) is 19.8. The van der Waals surface area contributed by atoms with Crippen LogP contribution in [0.3, 0.4) is 0 Å². The maximum Gasteiger partial charge on any atom is 0.415 e. The minimum Gasteiger partial charge on any atom is -0.443 e. The van der Waals surface area contributed by atoms with E-state index in [4.69, 9.17) is 16.3 Å². The summed E-state index contributed by atoms with van der Waals surface area (Å²) in [4.78, 5) is 15.1. The van der Waals surface area contributed by atoms with E-state index in [0.717, 1.165) is 40.5 Å². The van der Waals surface area contributed by atoms with Crippen molar-refractivity contribution in [3.63, 3.8) is 0 Å². The minimum atomic E-state index is -0.560. The number of hydrogen-bond donors (Lipinski definition) is 0. The smallest absolute Gasteiger partial charge is 0.415 e. The Balaban J connectivity index is 2.14. The van der Waals surface area contributed by atoms with Crippen molar-refractivity contribution in [2.45, 2.75) is 58.6 Å². The Morgan fingerprint density at radius 3 is 2.67 bits per heavy atom. The second-order valence-electron chi connectivity index (χ2n) is 7.89. The van der Waals surface area contributed by atoms with Crippen molar-refractivity contribution in [1.82, 2.24) is 0 Å². The molecule has 1 atom stereocenters. The maximum absolute atomic E-state index is 13.3. The number of carbonyl (C=O) groups is 1. The summed E-state index contributed by atoms with van der Waals surface area (Å²) in [7, 11) is 0. The number of aryl methyl sites for hydroxylation is 2. The van der Waals surface area contributed by atoms with E-state index < -0.39 is 5.60 Å².